The van der Waals surface area contributed by atoms with Crippen molar-refractivity contribution in [3.63, 3.8) is 0 Å². The van der Waals surface area contributed by atoms with Crippen molar-refractivity contribution in [2.45, 2.75) is 12.8 Å². The zero-order valence-electron chi connectivity index (χ0n) is 10.8. The number of benzene rings is 1. The highest BCUT2D eigenvalue weighted by molar-refractivity contribution is 5.98. The number of ether oxygens (including phenoxy) is 1. The summed E-state index contributed by atoms with van der Waals surface area (Å²) in [6, 6.07) is 4.63. The quantitative estimate of drug-likeness (QED) is 0.601. The topological polar surface area (TPSA) is 61.4 Å². The third-order valence-corrected chi connectivity index (χ3v) is 2.83. The number of Topliss-reactive ketones (excluding diaryl/α,β-unsaturated/α-hetero) is 1. The molecule has 0 aliphatic heterocycles. The van der Waals surface area contributed by atoms with Crippen molar-refractivity contribution in [3.8, 4) is 0 Å². The molecule has 1 aromatic heterocycles. The fourth-order valence-electron chi connectivity index (χ4n) is 1.79. The maximum absolute atomic E-state index is 11.8. The number of fused-ring (bicyclic) bond motifs is 1. The Bertz CT molecular complexity index is 675. The molecule has 0 fully saturated rings. The number of alkyl halides is 2. The summed E-state index contributed by atoms with van der Waals surface area (Å²) in [5, 5.41) is 0. The summed E-state index contributed by atoms with van der Waals surface area (Å²) in [5.74, 6) is -0.766. The van der Waals surface area contributed by atoms with Gasteiger partial charge in [-0.15, -0.1) is 0 Å². The van der Waals surface area contributed by atoms with Crippen LogP contribution < -0.4 is 5.76 Å². The first-order chi connectivity index (χ1) is 9.49. The van der Waals surface area contributed by atoms with Crippen molar-refractivity contribution in [1.29, 1.82) is 0 Å². The van der Waals surface area contributed by atoms with E-state index in [0.717, 1.165) is 0 Å². The molecule has 1 aromatic carbocycles. The minimum Gasteiger partial charge on any atom is -0.408 e. The Morgan fingerprint density at radius 1 is 1.45 bits per heavy atom. The Balaban J connectivity index is 2.05. The molecule has 108 valence electrons. The van der Waals surface area contributed by atoms with Gasteiger partial charge in [0.2, 0.25) is 0 Å². The summed E-state index contributed by atoms with van der Waals surface area (Å²) in [6.07, 6.45) is -2.55. The average Bonchev–Trinajstić information content (AvgIpc) is 2.69. The Labute approximate surface area is 112 Å². The fourth-order valence-corrected chi connectivity index (χ4v) is 1.79. The van der Waals surface area contributed by atoms with Crippen LogP contribution in [-0.2, 0) is 11.8 Å². The van der Waals surface area contributed by atoms with Crippen LogP contribution in [0.2, 0.25) is 0 Å². The predicted molar refractivity (Wildman–Crippen MR) is 67.2 cm³/mol. The first kappa shape index (κ1) is 14.4. The first-order valence-corrected chi connectivity index (χ1v) is 5.97. The van der Waals surface area contributed by atoms with Gasteiger partial charge in [0, 0.05) is 19.0 Å². The lowest BCUT2D eigenvalue weighted by Gasteiger charge is -2.03. The van der Waals surface area contributed by atoms with Gasteiger partial charge in [-0.25, -0.2) is 13.6 Å². The van der Waals surface area contributed by atoms with Crippen LogP contribution in [0, 0.1) is 0 Å². The van der Waals surface area contributed by atoms with Crippen molar-refractivity contribution < 1.29 is 22.7 Å². The highest BCUT2D eigenvalue weighted by atomic mass is 19.3. The number of nitrogens with zero attached hydrogens (tertiary/aromatic N) is 1. The molecule has 2 rings (SSSR count). The van der Waals surface area contributed by atoms with Gasteiger partial charge in [0.1, 0.15) is 6.61 Å². The van der Waals surface area contributed by atoms with Crippen molar-refractivity contribution in [1.82, 2.24) is 4.57 Å². The molecule has 0 atom stereocenters. The zero-order chi connectivity index (χ0) is 14.7. The molecule has 7 heteroatoms. The molecule has 20 heavy (non-hydrogen) atoms. The Kier molecular flexibility index (Phi) is 4.29. The van der Waals surface area contributed by atoms with E-state index in [1.165, 1.54) is 10.6 Å². The van der Waals surface area contributed by atoms with Crippen molar-refractivity contribution in [2.75, 3.05) is 13.2 Å². The van der Waals surface area contributed by atoms with Crippen LogP contribution in [0.15, 0.2) is 27.4 Å². The summed E-state index contributed by atoms with van der Waals surface area (Å²) in [4.78, 5) is 23.1. The van der Waals surface area contributed by atoms with E-state index in [1.54, 1.807) is 19.2 Å². The molecule has 0 saturated heterocycles. The van der Waals surface area contributed by atoms with Gasteiger partial charge in [-0.2, -0.15) is 0 Å². The maximum Gasteiger partial charge on any atom is 0.419 e. The number of carbonyl (C=O) groups is 1. The average molecular weight is 285 g/mol. The van der Waals surface area contributed by atoms with Gasteiger partial charge in [-0.05, 0) is 18.2 Å². The summed E-state index contributed by atoms with van der Waals surface area (Å²) in [5.41, 5.74) is 1.25. The highest BCUT2D eigenvalue weighted by Crippen LogP contribution is 2.15. The smallest absolute Gasteiger partial charge is 0.408 e. The summed E-state index contributed by atoms with van der Waals surface area (Å²) in [6.45, 7) is -0.750. The molecular formula is C13H13F2NO4. The summed E-state index contributed by atoms with van der Waals surface area (Å²) >= 11 is 0. The number of ketones is 1. The molecule has 5 nitrogen and oxygen atoms in total. The first-order valence-electron chi connectivity index (χ1n) is 5.97. The second-order valence-electron chi connectivity index (χ2n) is 4.25. The molecule has 0 unspecified atom stereocenters. The summed E-state index contributed by atoms with van der Waals surface area (Å²) < 4.78 is 34.6. The number of hydrogen-bond acceptors (Lipinski definition) is 4. The molecule has 0 aliphatic carbocycles. The van der Waals surface area contributed by atoms with Gasteiger partial charge in [0.25, 0.3) is 6.43 Å². The lowest BCUT2D eigenvalue weighted by atomic mass is 10.1. The van der Waals surface area contributed by atoms with Crippen molar-refractivity contribution in [3.05, 3.63) is 34.3 Å². The number of halogens is 2. The molecule has 2 aromatic rings. The van der Waals surface area contributed by atoms with Crippen LogP contribution in [0.1, 0.15) is 16.8 Å². The number of hydrogen-bond donors (Lipinski definition) is 0. The van der Waals surface area contributed by atoms with E-state index in [-0.39, 0.29) is 18.8 Å². The SMILES string of the molecule is Cn1c(=O)oc2cc(C(=O)CCOCC(F)F)ccc21. The Morgan fingerprint density at radius 2 is 2.20 bits per heavy atom. The largest absolute Gasteiger partial charge is 0.419 e. The number of rotatable bonds is 6. The molecule has 0 aliphatic rings. The third-order valence-electron chi connectivity index (χ3n) is 2.83. The Morgan fingerprint density at radius 3 is 2.90 bits per heavy atom. The molecule has 1 heterocycles. The molecule has 0 bridgehead atoms. The van der Waals surface area contributed by atoms with Gasteiger partial charge in [0.05, 0.1) is 12.1 Å². The van der Waals surface area contributed by atoms with E-state index >= 15 is 0 Å². The van der Waals surface area contributed by atoms with Crippen LogP contribution >= 0.6 is 0 Å². The fraction of sp³-hybridized carbons (Fsp3) is 0.385. The van der Waals surface area contributed by atoms with E-state index in [1.807, 2.05) is 0 Å². The third kappa shape index (κ3) is 3.11. The van der Waals surface area contributed by atoms with Gasteiger partial charge in [-0.1, -0.05) is 0 Å². The lowest BCUT2D eigenvalue weighted by Crippen LogP contribution is -2.09. The zero-order valence-corrected chi connectivity index (χ0v) is 10.8. The predicted octanol–water partition coefficient (Wildman–Crippen LogP) is 1.99. The second kappa shape index (κ2) is 5.96. The van der Waals surface area contributed by atoms with Crippen molar-refractivity contribution >= 4 is 16.9 Å². The maximum atomic E-state index is 11.8. The number of aryl methyl sites for hydroxylation is 1. The van der Waals surface area contributed by atoms with Gasteiger partial charge >= 0.3 is 5.76 Å². The summed E-state index contributed by atoms with van der Waals surface area (Å²) in [7, 11) is 1.56. The van der Waals surface area contributed by atoms with Crippen molar-refractivity contribution in [2.24, 2.45) is 7.05 Å². The molecule has 0 saturated carbocycles. The van der Waals surface area contributed by atoms with Crippen LogP contribution in [0.5, 0.6) is 0 Å². The van der Waals surface area contributed by atoms with E-state index in [4.69, 9.17) is 4.42 Å². The highest BCUT2D eigenvalue weighted by Gasteiger charge is 2.11. The second-order valence-corrected chi connectivity index (χ2v) is 4.25. The number of carbonyl (C=O) groups excluding carboxylic acids is 1. The normalized spacial score (nSPS) is 11.4. The monoisotopic (exact) mass is 285 g/mol. The standard InChI is InChI=1S/C13H13F2NO4/c1-16-9-3-2-8(6-11(9)20-13(16)18)10(17)4-5-19-7-12(14)15/h2-3,6,12H,4-5,7H2,1H3. The molecular weight excluding hydrogens is 272 g/mol. The van der Waals surface area contributed by atoms with E-state index in [2.05, 4.69) is 4.74 Å². The van der Waals surface area contributed by atoms with Gasteiger partial charge in [0.15, 0.2) is 11.4 Å². The minimum atomic E-state index is -2.54. The van der Waals surface area contributed by atoms with E-state index in [0.29, 0.717) is 16.7 Å². The molecule has 0 radical (unpaired) electrons. The molecule has 0 N–H and O–H groups in total. The van der Waals surface area contributed by atoms with Crippen LogP contribution in [0.4, 0.5) is 8.78 Å². The lowest BCUT2D eigenvalue weighted by molar-refractivity contribution is 0.0170. The van der Waals surface area contributed by atoms with Crippen LogP contribution in [0.3, 0.4) is 0 Å². The molecule has 0 amide bonds. The van der Waals surface area contributed by atoms with E-state index < -0.39 is 18.8 Å². The van der Waals surface area contributed by atoms with Crippen LogP contribution in [0.25, 0.3) is 11.1 Å². The van der Waals surface area contributed by atoms with Crippen LogP contribution in [-0.4, -0.2) is 30.0 Å². The van der Waals surface area contributed by atoms with E-state index in [9.17, 15) is 18.4 Å². The minimum absolute atomic E-state index is 0.00467. The number of oxazole rings is 1. The number of aromatic nitrogens is 1. The van der Waals surface area contributed by atoms with Gasteiger partial charge in [-0.3, -0.25) is 9.36 Å². The van der Waals surface area contributed by atoms with Gasteiger partial charge < -0.3 is 9.15 Å². The molecule has 0 spiro atoms. The Hall–Kier alpha value is -2.02.